The number of carbonyl (C=O) groups is 1. The molecule has 5 rings (SSSR count). The van der Waals surface area contributed by atoms with Gasteiger partial charge in [-0.1, -0.05) is 13.0 Å². The summed E-state index contributed by atoms with van der Waals surface area (Å²) >= 11 is 0. The maximum atomic E-state index is 15.2. The van der Waals surface area contributed by atoms with Gasteiger partial charge in [-0.25, -0.2) is 8.78 Å². The average molecular weight is 467 g/mol. The number of likely N-dealkylation sites (N-methyl/N-ethyl adjacent to an activating group) is 1. The molecule has 1 aliphatic heterocycles. The van der Waals surface area contributed by atoms with Crippen molar-refractivity contribution in [1.29, 1.82) is 0 Å². The number of nitrogens with zero attached hydrogens (tertiary/aromatic N) is 3. The van der Waals surface area contributed by atoms with Crippen molar-refractivity contribution in [3.8, 4) is 0 Å². The molecule has 2 heterocycles. The van der Waals surface area contributed by atoms with Gasteiger partial charge >= 0.3 is 0 Å². The Balaban J connectivity index is 1.54. The lowest BCUT2D eigenvalue weighted by molar-refractivity contribution is 0.102. The van der Waals surface area contributed by atoms with Crippen LogP contribution in [0, 0.1) is 18.6 Å². The third-order valence-electron chi connectivity index (χ3n) is 6.88. The Morgan fingerprint density at radius 1 is 1.06 bits per heavy atom. The molecule has 0 atom stereocenters. The number of benzene rings is 2. The standard InChI is InChI=1S/C26H28F2N4O2/c1-3-30-8-10-31(11-9-30)24-14-23-19(13-22(24)28)25(33)20(15-32(23)18-6-7-18)26(34)29-17-5-4-16(2)21(27)12-17/h4-5,12-15,18H,3,6-11H2,1-2H3,(H,29,34). The quantitative estimate of drug-likeness (QED) is 0.609. The molecule has 2 aliphatic rings. The van der Waals surface area contributed by atoms with Crippen LogP contribution in [0.1, 0.15) is 41.7 Å². The highest BCUT2D eigenvalue weighted by molar-refractivity contribution is 6.06. The Bertz CT molecular complexity index is 1320. The fourth-order valence-corrected chi connectivity index (χ4v) is 4.59. The molecule has 178 valence electrons. The molecule has 1 aliphatic carbocycles. The Morgan fingerprint density at radius 3 is 2.44 bits per heavy atom. The first-order chi connectivity index (χ1) is 16.4. The van der Waals surface area contributed by atoms with Gasteiger partial charge < -0.3 is 19.7 Å². The monoisotopic (exact) mass is 466 g/mol. The van der Waals surface area contributed by atoms with Gasteiger partial charge in [0.2, 0.25) is 5.43 Å². The first-order valence-corrected chi connectivity index (χ1v) is 11.8. The van der Waals surface area contributed by atoms with Crippen molar-refractivity contribution >= 4 is 28.2 Å². The van der Waals surface area contributed by atoms with E-state index in [9.17, 15) is 14.0 Å². The minimum absolute atomic E-state index is 0.0795. The highest BCUT2D eigenvalue weighted by Crippen LogP contribution is 2.38. The largest absolute Gasteiger partial charge is 0.367 e. The molecule has 8 heteroatoms. The second-order valence-electron chi connectivity index (χ2n) is 9.17. The van der Waals surface area contributed by atoms with E-state index in [2.05, 4.69) is 17.1 Å². The molecular formula is C26H28F2N4O2. The zero-order valence-corrected chi connectivity index (χ0v) is 19.4. The smallest absolute Gasteiger partial charge is 0.261 e. The molecule has 2 fully saturated rings. The third kappa shape index (κ3) is 4.18. The molecule has 1 N–H and O–H groups in total. The van der Waals surface area contributed by atoms with Crippen LogP contribution in [-0.2, 0) is 0 Å². The van der Waals surface area contributed by atoms with E-state index in [0.29, 0.717) is 16.8 Å². The lowest BCUT2D eigenvalue weighted by Gasteiger charge is -2.35. The van der Waals surface area contributed by atoms with Crippen LogP contribution >= 0.6 is 0 Å². The summed E-state index contributed by atoms with van der Waals surface area (Å²) in [6, 6.07) is 7.55. The molecule has 1 amide bonds. The predicted octanol–water partition coefficient (Wildman–Crippen LogP) is 4.32. The topological polar surface area (TPSA) is 57.6 Å². The molecule has 0 bridgehead atoms. The number of halogens is 2. The molecule has 2 aromatic carbocycles. The summed E-state index contributed by atoms with van der Waals surface area (Å²) < 4.78 is 31.1. The van der Waals surface area contributed by atoms with Crippen molar-refractivity contribution in [3.63, 3.8) is 0 Å². The van der Waals surface area contributed by atoms with Crippen molar-refractivity contribution in [2.75, 3.05) is 42.9 Å². The van der Waals surface area contributed by atoms with Gasteiger partial charge in [0.25, 0.3) is 5.91 Å². The average Bonchev–Trinajstić information content (AvgIpc) is 3.67. The molecule has 0 radical (unpaired) electrons. The van der Waals surface area contributed by atoms with Gasteiger partial charge in [0.05, 0.1) is 11.2 Å². The van der Waals surface area contributed by atoms with E-state index in [1.54, 1.807) is 31.3 Å². The number of hydrogen-bond donors (Lipinski definition) is 1. The van der Waals surface area contributed by atoms with Gasteiger partial charge in [-0.05, 0) is 56.1 Å². The van der Waals surface area contributed by atoms with Gasteiger partial charge in [0.15, 0.2) is 0 Å². The number of anilines is 2. The predicted molar refractivity (Wildman–Crippen MR) is 130 cm³/mol. The SMILES string of the molecule is CCN1CCN(c2cc3c(cc2F)c(=O)c(C(=O)Nc2ccc(C)c(F)c2)cn3C2CC2)CC1. The summed E-state index contributed by atoms with van der Waals surface area (Å²) in [6.45, 7) is 7.88. The number of aromatic nitrogens is 1. The van der Waals surface area contributed by atoms with Gasteiger partial charge in [0, 0.05) is 49.5 Å². The third-order valence-corrected chi connectivity index (χ3v) is 6.88. The normalized spacial score (nSPS) is 16.8. The number of fused-ring (bicyclic) bond motifs is 1. The molecular weight excluding hydrogens is 438 g/mol. The van der Waals surface area contributed by atoms with E-state index in [-0.39, 0.29) is 22.7 Å². The number of hydrogen-bond acceptors (Lipinski definition) is 4. The molecule has 3 aromatic rings. The molecule has 34 heavy (non-hydrogen) atoms. The molecule has 0 spiro atoms. The summed E-state index contributed by atoms with van der Waals surface area (Å²) in [4.78, 5) is 30.6. The zero-order chi connectivity index (χ0) is 24.0. The van der Waals surface area contributed by atoms with Crippen LogP contribution in [0.5, 0.6) is 0 Å². The summed E-state index contributed by atoms with van der Waals surface area (Å²) in [6.07, 6.45) is 3.44. The van der Waals surface area contributed by atoms with E-state index < -0.39 is 23.0 Å². The number of rotatable bonds is 5. The van der Waals surface area contributed by atoms with Crippen molar-refractivity contribution < 1.29 is 13.6 Å². The van der Waals surface area contributed by atoms with E-state index in [1.807, 2.05) is 9.47 Å². The van der Waals surface area contributed by atoms with Crippen LogP contribution in [0.4, 0.5) is 20.2 Å². The van der Waals surface area contributed by atoms with Gasteiger partial charge in [-0.3, -0.25) is 9.59 Å². The van der Waals surface area contributed by atoms with E-state index in [4.69, 9.17) is 0 Å². The van der Waals surface area contributed by atoms with Gasteiger partial charge in [0.1, 0.15) is 17.2 Å². The van der Waals surface area contributed by atoms with E-state index in [1.165, 1.54) is 12.1 Å². The summed E-state index contributed by atoms with van der Waals surface area (Å²) in [5.74, 6) is -1.54. The highest BCUT2D eigenvalue weighted by atomic mass is 19.1. The summed E-state index contributed by atoms with van der Waals surface area (Å²) in [7, 11) is 0. The van der Waals surface area contributed by atoms with Crippen LogP contribution in [0.15, 0.2) is 41.3 Å². The lowest BCUT2D eigenvalue weighted by atomic mass is 10.1. The van der Waals surface area contributed by atoms with Crippen molar-refractivity contribution in [1.82, 2.24) is 9.47 Å². The Morgan fingerprint density at radius 2 is 1.79 bits per heavy atom. The number of carbonyl (C=O) groups excluding carboxylic acids is 1. The molecule has 0 unspecified atom stereocenters. The highest BCUT2D eigenvalue weighted by Gasteiger charge is 2.28. The van der Waals surface area contributed by atoms with Crippen LogP contribution in [0.25, 0.3) is 10.9 Å². The van der Waals surface area contributed by atoms with Crippen molar-refractivity contribution in [3.05, 3.63) is 69.5 Å². The first-order valence-electron chi connectivity index (χ1n) is 11.8. The molecule has 1 saturated heterocycles. The molecule has 1 saturated carbocycles. The summed E-state index contributed by atoms with van der Waals surface area (Å²) in [5, 5.41) is 2.79. The lowest BCUT2D eigenvalue weighted by Crippen LogP contribution is -2.46. The Hall–Kier alpha value is -3.26. The molecule has 6 nitrogen and oxygen atoms in total. The number of piperazine rings is 1. The van der Waals surface area contributed by atoms with Gasteiger partial charge in [-0.2, -0.15) is 0 Å². The van der Waals surface area contributed by atoms with Crippen LogP contribution in [-0.4, -0.2) is 48.1 Å². The van der Waals surface area contributed by atoms with Crippen LogP contribution in [0.3, 0.4) is 0 Å². The maximum absolute atomic E-state index is 15.2. The second kappa shape index (κ2) is 8.83. The van der Waals surface area contributed by atoms with Gasteiger partial charge in [-0.15, -0.1) is 0 Å². The van der Waals surface area contributed by atoms with Crippen molar-refractivity contribution in [2.24, 2.45) is 0 Å². The van der Waals surface area contributed by atoms with Crippen LogP contribution < -0.4 is 15.6 Å². The fraction of sp³-hybridized carbons (Fsp3) is 0.385. The zero-order valence-electron chi connectivity index (χ0n) is 19.4. The van der Waals surface area contributed by atoms with E-state index >= 15 is 4.39 Å². The maximum Gasteiger partial charge on any atom is 0.261 e. The second-order valence-corrected chi connectivity index (χ2v) is 9.17. The number of aryl methyl sites for hydroxylation is 1. The Labute approximate surface area is 196 Å². The van der Waals surface area contributed by atoms with Crippen LogP contribution in [0.2, 0.25) is 0 Å². The first kappa shape index (κ1) is 22.5. The Kier molecular flexibility index (Phi) is 5.85. The minimum atomic E-state index is -0.635. The van der Waals surface area contributed by atoms with Crippen molar-refractivity contribution in [2.45, 2.75) is 32.7 Å². The minimum Gasteiger partial charge on any atom is -0.367 e. The fourth-order valence-electron chi connectivity index (χ4n) is 4.59. The number of amides is 1. The number of pyridine rings is 1. The summed E-state index contributed by atoms with van der Waals surface area (Å²) in [5.41, 5.74) is 1.24. The molecule has 1 aromatic heterocycles. The van der Waals surface area contributed by atoms with E-state index in [0.717, 1.165) is 45.6 Å². The number of nitrogens with one attached hydrogen (secondary N) is 1.